The fourth-order valence-electron chi connectivity index (χ4n) is 11.5. The Hall–Kier alpha value is -9.70. The Morgan fingerprint density at radius 3 is 0.918 bits per heavy atom. The van der Waals surface area contributed by atoms with Crippen molar-refractivity contribution in [2.45, 2.75) is 0 Å². The van der Waals surface area contributed by atoms with E-state index in [0.29, 0.717) is 0 Å². The van der Waals surface area contributed by atoms with E-state index in [1.807, 2.05) is 0 Å². The van der Waals surface area contributed by atoms with E-state index in [0.717, 1.165) is 84.2 Å². The summed E-state index contributed by atoms with van der Waals surface area (Å²) in [4.78, 5) is 7.44. The van der Waals surface area contributed by atoms with Crippen LogP contribution in [0.2, 0.25) is 0 Å². The number of benzene rings is 13. The van der Waals surface area contributed by atoms with E-state index < -0.39 is 0 Å². The molecule has 0 N–H and O–H groups in total. The van der Waals surface area contributed by atoms with Gasteiger partial charge in [0.2, 0.25) is 0 Å². The van der Waals surface area contributed by atoms with Gasteiger partial charge in [0.25, 0.3) is 0 Å². The van der Waals surface area contributed by atoms with Gasteiger partial charge in [-0.15, -0.1) is 0 Å². The van der Waals surface area contributed by atoms with Crippen molar-refractivity contribution in [3.8, 4) is 44.5 Å². The molecule has 0 fully saturated rings. The first-order chi connectivity index (χ1) is 36.2. The normalized spacial score (nSPS) is 12.3. The average Bonchev–Trinajstić information content (AvgIpc) is 3.46. The highest BCUT2D eigenvalue weighted by atomic mass is 15.2. The van der Waals surface area contributed by atoms with Crippen molar-refractivity contribution < 1.29 is 0 Å². The molecule has 0 radical (unpaired) electrons. The van der Waals surface area contributed by atoms with Gasteiger partial charge in [0.1, 0.15) is 0 Å². The van der Waals surface area contributed by atoms with Crippen molar-refractivity contribution in [3.05, 3.63) is 285 Å². The van der Waals surface area contributed by atoms with Crippen molar-refractivity contribution >= 4 is 83.5 Å². The van der Waals surface area contributed by atoms with Crippen LogP contribution in [-0.4, -0.2) is 0 Å². The van der Waals surface area contributed by atoms with Crippen LogP contribution in [0.4, 0.5) is 51.2 Å². The van der Waals surface area contributed by atoms with Crippen molar-refractivity contribution in [2.75, 3.05) is 14.7 Å². The summed E-state index contributed by atoms with van der Waals surface area (Å²) >= 11 is 0. The summed E-state index contributed by atoms with van der Waals surface area (Å²) in [5, 5.41) is 7.23. The Labute approximate surface area is 425 Å². The first kappa shape index (κ1) is 42.2. The lowest BCUT2D eigenvalue weighted by molar-refractivity contribution is 1.23. The molecule has 0 atom stereocenters. The van der Waals surface area contributed by atoms with Gasteiger partial charge in [-0.25, -0.2) is 0 Å². The van der Waals surface area contributed by atoms with Gasteiger partial charge in [0.05, 0.1) is 22.7 Å². The fraction of sp³-hybridized carbons (Fsp3) is 0. The summed E-state index contributed by atoms with van der Waals surface area (Å²) in [6.45, 7) is 0. The lowest BCUT2D eigenvalue weighted by Crippen LogP contribution is -2.18. The Morgan fingerprint density at radius 1 is 0.178 bits per heavy atom. The van der Waals surface area contributed by atoms with Crippen LogP contribution in [-0.2, 0) is 0 Å². The lowest BCUT2D eigenvalue weighted by atomic mass is 9.84. The van der Waals surface area contributed by atoms with Crippen LogP contribution in [0.15, 0.2) is 285 Å². The van der Waals surface area contributed by atoms with Crippen LogP contribution in [0.1, 0.15) is 0 Å². The highest BCUT2D eigenvalue weighted by Crippen LogP contribution is 2.55. The summed E-state index contributed by atoms with van der Waals surface area (Å²) in [6.07, 6.45) is 0. The molecule has 0 amide bonds. The number of nitrogens with zero attached hydrogens (tertiary/aromatic N) is 3. The van der Waals surface area contributed by atoms with Crippen LogP contribution < -0.4 is 14.7 Å². The molecule has 342 valence electrons. The number of hydrogen-bond acceptors (Lipinski definition) is 3. The number of hydrogen-bond donors (Lipinski definition) is 0. The molecule has 0 spiro atoms. The highest BCUT2D eigenvalue weighted by Gasteiger charge is 2.29. The molecule has 1 heterocycles. The zero-order valence-corrected chi connectivity index (χ0v) is 40.0. The van der Waals surface area contributed by atoms with Gasteiger partial charge in [-0.05, 0) is 122 Å². The second kappa shape index (κ2) is 17.6. The van der Waals surface area contributed by atoms with Crippen LogP contribution in [0.3, 0.4) is 0 Å². The maximum atomic E-state index is 2.53. The minimum absolute atomic E-state index is 1.05. The molecule has 14 rings (SSSR count). The van der Waals surface area contributed by atoms with Gasteiger partial charge in [0.15, 0.2) is 0 Å². The van der Waals surface area contributed by atoms with Crippen LogP contribution in [0, 0.1) is 0 Å². The van der Waals surface area contributed by atoms with E-state index in [2.05, 4.69) is 300 Å². The molecular weight excluding hydrogens is 883 g/mol. The third-order valence-corrected chi connectivity index (χ3v) is 14.7. The molecule has 0 saturated carbocycles. The molecule has 3 heteroatoms. The summed E-state index contributed by atoms with van der Waals surface area (Å²) in [7, 11) is 0. The standard InChI is InChI=1S/C70H47N3/c1-6-22-48(23-7-1)57-36-16-18-38-65(57)72-55-34-20-32-53(44-55)71(52-30-14-5-15-31-52)54-33-21-35-56(45-54)73(66-39-19-17-37-58(66)49-24-8-2-9-25-49)68-47-67(72)61-42-40-59-63(50-26-10-3-11-27-50)46-64(51-28-12-4-13-29-51)60-41-43-62(68)70(61)69(59)60/h1-47H. The zero-order valence-electron chi connectivity index (χ0n) is 40.0. The van der Waals surface area contributed by atoms with Gasteiger partial charge < -0.3 is 14.7 Å². The molecule has 0 unspecified atom stereocenters. The van der Waals surface area contributed by atoms with Crippen molar-refractivity contribution in [1.29, 1.82) is 0 Å². The topological polar surface area (TPSA) is 9.72 Å². The fourth-order valence-corrected chi connectivity index (χ4v) is 11.5. The molecule has 6 bridgehead atoms. The Balaban J connectivity index is 1.19. The molecular formula is C70H47N3. The van der Waals surface area contributed by atoms with E-state index >= 15 is 0 Å². The van der Waals surface area contributed by atoms with Gasteiger partial charge in [-0.1, -0.05) is 212 Å². The maximum absolute atomic E-state index is 2.53. The third-order valence-electron chi connectivity index (χ3n) is 14.7. The molecule has 1 aliphatic heterocycles. The SMILES string of the molecule is c1ccc(-c2ccccc2N2c3cccc(c3)N(c3ccccc3)c3cccc(c3)N(c3ccccc3-c3ccccc3)c3cc2c2ccc4c(-c5ccccc5)cc(-c5ccccc5)c5ccc3c2c45)cc1. The summed E-state index contributed by atoms with van der Waals surface area (Å²) in [5.41, 5.74) is 19.0. The Kier molecular flexibility index (Phi) is 10.2. The highest BCUT2D eigenvalue weighted by molar-refractivity contribution is 6.32. The second-order valence-corrected chi connectivity index (χ2v) is 18.8. The summed E-state index contributed by atoms with van der Waals surface area (Å²) in [6, 6.07) is 105. The van der Waals surface area contributed by atoms with Crippen LogP contribution in [0.25, 0.3) is 76.8 Å². The third kappa shape index (κ3) is 7.13. The van der Waals surface area contributed by atoms with E-state index in [1.165, 1.54) is 43.8 Å². The average molecular weight is 930 g/mol. The zero-order chi connectivity index (χ0) is 48.2. The molecule has 73 heavy (non-hydrogen) atoms. The predicted molar refractivity (Wildman–Crippen MR) is 309 cm³/mol. The van der Waals surface area contributed by atoms with Gasteiger partial charge in [-0.2, -0.15) is 0 Å². The van der Waals surface area contributed by atoms with E-state index in [4.69, 9.17) is 0 Å². The maximum Gasteiger partial charge on any atom is 0.0561 e. The molecule has 3 nitrogen and oxygen atoms in total. The minimum atomic E-state index is 1.05. The van der Waals surface area contributed by atoms with Gasteiger partial charge in [-0.3, -0.25) is 0 Å². The van der Waals surface area contributed by atoms with Crippen LogP contribution >= 0.6 is 0 Å². The number of rotatable bonds is 7. The number of para-hydroxylation sites is 3. The quantitative estimate of drug-likeness (QED) is 0.147. The van der Waals surface area contributed by atoms with E-state index in [1.54, 1.807) is 0 Å². The minimum Gasteiger partial charge on any atom is -0.310 e. The smallest absolute Gasteiger partial charge is 0.0561 e. The number of anilines is 9. The number of fused-ring (bicyclic) bond motifs is 8. The van der Waals surface area contributed by atoms with Crippen molar-refractivity contribution in [1.82, 2.24) is 0 Å². The summed E-state index contributed by atoms with van der Waals surface area (Å²) < 4.78 is 0. The first-order valence-corrected chi connectivity index (χ1v) is 25.1. The van der Waals surface area contributed by atoms with Crippen molar-refractivity contribution in [2.24, 2.45) is 0 Å². The molecule has 13 aromatic rings. The van der Waals surface area contributed by atoms with E-state index in [-0.39, 0.29) is 0 Å². The molecule has 13 aromatic carbocycles. The first-order valence-electron chi connectivity index (χ1n) is 25.1. The Morgan fingerprint density at radius 2 is 0.493 bits per heavy atom. The largest absolute Gasteiger partial charge is 0.310 e. The molecule has 0 aliphatic carbocycles. The molecule has 0 saturated heterocycles. The second-order valence-electron chi connectivity index (χ2n) is 18.8. The predicted octanol–water partition coefficient (Wildman–Crippen LogP) is 20.0. The van der Waals surface area contributed by atoms with Crippen molar-refractivity contribution in [3.63, 3.8) is 0 Å². The van der Waals surface area contributed by atoms with E-state index in [9.17, 15) is 0 Å². The molecule has 0 aromatic heterocycles. The monoisotopic (exact) mass is 929 g/mol. The van der Waals surface area contributed by atoms with Gasteiger partial charge >= 0.3 is 0 Å². The summed E-state index contributed by atoms with van der Waals surface area (Å²) in [5.74, 6) is 0. The Bertz CT molecular complexity index is 3890. The van der Waals surface area contributed by atoms with Crippen LogP contribution in [0.5, 0.6) is 0 Å². The van der Waals surface area contributed by atoms with Gasteiger partial charge in [0, 0.05) is 55.7 Å². The lowest BCUT2D eigenvalue weighted by Gasteiger charge is -2.36. The molecule has 1 aliphatic rings.